The van der Waals surface area contributed by atoms with E-state index in [-0.39, 0.29) is 6.04 Å². The minimum Gasteiger partial charge on any atom is -0.497 e. The van der Waals surface area contributed by atoms with Crippen LogP contribution in [0.3, 0.4) is 0 Å². The Balaban J connectivity index is 2.20. The third kappa shape index (κ3) is 3.41. The van der Waals surface area contributed by atoms with Gasteiger partial charge in [0, 0.05) is 29.0 Å². The fourth-order valence-electron chi connectivity index (χ4n) is 1.91. The van der Waals surface area contributed by atoms with Gasteiger partial charge >= 0.3 is 0 Å². The van der Waals surface area contributed by atoms with Crippen LogP contribution in [0, 0.1) is 0 Å². The van der Waals surface area contributed by atoms with E-state index in [1.165, 1.54) is 0 Å². The monoisotopic (exact) mass is 297 g/mol. The van der Waals surface area contributed by atoms with E-state index in [2.05, 4.69) is 0 Å². The average Bonchev–Trinajstić information content (AvgIpc) is 2.83. The van der Waals surface area contributed by atoms with Gasteiger partial charge in [0.05, 0.1) is 18.6 Å². The highest BCUT2D eigenvalue weighted by Gasteiger charge is 2.14. The molecule has 0 bridgehead atoms. The second-order valence-corrected chi connectivity index (χ2v) is 5.92. The molecule has 3 nitrogen and oxygen atoms in total. The highest BCUT2D eigenvalue weighted by atomic mass is 35.5. The van der Waals surface area contributed by atoms with Gasteiger partial charge in [-0.15, -0.1) is 11.3 Å². The van der Waals surface area contributed by atoms with Gasteiger partial charge in [-0.2, -0.15) is 0 Å². The second-order valence-electron chi connectivity index (χ2n) is 4.12. The number of thiophene rings is 1. The molecule has 102 valence electrons. The molecule has 1 atom stereocenters. The van der Waals surface area contributed by atoms with Crippen molar-refractivity contribution in [2.45, 2.75) is 12.5 Å². The molecule has 0 aliphatic heterocycles. The Hall–Kier alpha value is -1.23. The summed E-state index contributed by atoms with van der Waals surface area (Å²) in [7, 11) is 3.26. The van der Waals surface area contributed by atoms with Crippen LogP contribution in [-0.4, -0.2) is 14.2 Å². The molecular weight excluding hydrogens is 282 g/mol. The maximum Gasteiger partial charge on any atom is 0.127 e. The van der Waals surface area contributed by atoms with Crippen molar-refractivity contribution in [1.29, 1.82) is 0 Å². The van der Waals surface area contributed by atoms with Gasteiger partial charge in [-0.25, -0.2) is 0 Å². The lowest BCUT2D eigenvalue weighted by Gasteiger charge is -2.16. The Bertz CT molecular complexity index is 556. The lowest BCUT2D eigenvalue weighted by molar-refractivity contribution is 0.388. The van der Waals surface area contributed by atoms with Gasteiger partial charge in [0.2, 0.25) is 0 Å². The van der Waals surface area contributed by atoms with Gasteiger partial charge in [0.25, 0.3) is 0 Å². The Morgan fingerprint density at radius 1 is 1.21 bits per heavy atom. The number of hydrogen-bond acceptors (Lipinski definition) is 4. The Morgan fingerprint density at radius 3 is 2.58 bits per heavy atom. The van der Waals surface area contributed by atoms with Crippen molar-refractivity contribution < 1.29 is 9.47 Å². The van der Waals surface area contributed by atoms with Gasteiger partial charge < -0.3 is 15.2 Å². The van der Waals surface area contributed by atoms with Crippen molar-refractivity contribution in [1.82, 2.24) is 0 Å². The highest BCUT2D eigenvalue weighted by molar-refractivity contribution is 7.16. The molecule has 2 N–H and O–H groups in total. The van der Waals surface area contributed by atoms with Crippen LogP contribution >= 0.6 is 22.9 Å². The molecule has 0 aliphatic carbocycles. The van der Waals surface area contributed by atoms with Crippen LogP contribution in [-0.2, 0) is 6.42 Å². The summed E-state index contributed by atoms with van der Waals surface area (Å²) in [4.78, 5) is 1.16. The van der Waals surface area contributed by atoms with Gasteiger partial charge in [0.15, 0.2) is 0 Å². The molecule has 1 heterocycles. The maximum absolute atomic E-state index is 6.25. The van der Waals surface area contributed by atoms with Gasteiger partial charge in [0.1, 0.15) is 11.5 Å². The van der Waals surface area contributed by atoms with Crippen LogP contribution in [0.15, 0.2) is 30.3 Å². The number of rotatable bonds is 5. The number of nitrogens with two attached hydrogens (primary N) is 1. The molecule has 0 saturated carbocycles. The quantitative estimate of drug-likeness (QED) is 0.916. The lowest BCUT2D eigenvalue weighted by atomic mass is 10.0. The summed E-state index contributed by atoms with van der Waals surface area (Å²) in [6, 6.07) is 9.44. The number of halogens is 1. The maximum atomic E-state index is 6.25. The lowest BCUT2D eigenvalue weighted by Crippen LogP contribution is -2.14. The normalized spacial score (nSPS) is 12.2. The van der Waals surface area contributed by atoms with Crippen molar-refractivity contribution in [2.24, 2.45) is 5.73 Å². The van der Waals surface area contributed by atoms with E-state index >= 15 is 0 Å². The molecule has 1 aromatic carbocycles. The molecule has 0 spiro atoms. The number of methoxy groups -OCH3 is 2. The standard InChI is InChI=1S/C14H16ClNO2S/c1-17-9-3-5-11(13(7-9)18-2)12(16)8-10-4-6-14(15)19-10/h3-7,12H,8,16H2,1-2H3. The Labute approximate surface area is 121 Å². The third-order valence-corrected chi connectivity index (χ3v) is 4.14. The molecule has 0 amide bonds. The molecule has 0 saturated heterocycles. The SMILES string of the molecule is COc1ccc(C(N)Cc2ccc(Cl)s2)c(OC)c1. The first-order chi connectivity index (χ1) is 9.13. The van der Waals surface area contributed by atoms with Gasteiger partial charge in [-0.05, 0) is 18.2 Å². The molecule has 2 rings (SSSR count). The summed E-state index contributed by atoms with van der Waals surface area (Å²) in [6.07, 6.45) is 0.736. The van der Waals surface area contributed by atoms with Crippen LogP contribution in [0.25, 0.3) is 0 Å². The second kappa shape index (κ2) is 6.28. The minimum atomic E-state index is -0.129. The van der Waals surface area contributed by atoms with Crippen molar-refractivity contribution in [3.05, 3.63) is 45.1 Å². The van der Waals surface area contributed by atoms with E-state index in [9.17, 15) is 0 Å². The summed E-state index contributed by atoms with van der Waals surface area (Å²) in [5.41, 5.74) is 7.21. The average molecular weight is 298 g/mol. The van der Waals surface area contributed by atoms with E-state index in [0.717, 1.165) is 32.7 Å². The molecular formula is C14H16ClNO2S. The summed E-state index contributed by atoms with van der Waals surface area (Å²) in [5.74, 6) is 1.50. The first kappa shape index (κ1) is 14.2. The molecule has 0 radical (unpaired) electrons. The van der Waals surface area contributed by atoms with Gasteiger partial charge in [-0.3, -0.25) is 0 Å². The zero-order valence-corrected chi connectivity index (χ0v) is 12.4. The van der Waals surface area contributed by atoms with E-state index in [0.29, 0.717) is 0 Å². The third-order valence-electron chi connectivity index (χ3n) is 2.89. The molecule has 1 unspecified atom stereocenters. The van der Waals surface area contributed by atoms with E-state index in [4.69, 9.17) is 26.8 Å². The van der Waals surface area contributed by atoms with Crippen molar-refractivity contribution in [3.8, 4) is 11.5 Å². The van der Waals surface area contributed by atoms with E-state index in [1.807, 2.05) is 30.3 Å². The molecule has 0 fully saturated rings. The molecule has 19 heavy (non-hydrogen) atoms. The predicted octanol–water partition coefficient (Wildman–Crippen LogP) is 3.66. The predicted molar refractivity (Wildman–Crippen MR) is 79.5 cm³/mol. The number of hydrogen-bond donors (Lipinski definition) is 1. The number of ether oxygens (including phenoxy) is 2. The van der Waals surface area contributed by atoms with Crippen LogP contribution in [0.4, 0.5) is 0 Å². The van der Waals surface area contributed by atoms with Crippen LogP contribution in [0.1, 0.15) is 16.5 Å². The molecule has 1 aromatic heterocycles. The first-order valence-electron chi connectivity index (χ1n) is 5.85. The topological polar surface area (TPSA) is 44.5 Å². The molecule has 2 aromatic rings. The zero-order chi connectivity index (χ0) is 13.8. The fraction of sp³-hybridized carbons (Fsp3) is 0.286. The molecule has 5 heteroatoms. The van der Waals surface area contributed by atoms with Crippen molar-refractivity contribution >= 4 is 22.9 Å². The smallest absolute Gasteiger partial charge is 0.127 e. The van der Waals surface area contributed by atoms with Crippen LogP contribution < -0.4 is 15.2 Å². The highest BCUT2D eigenvalue weighted by Crippen LogP contribution is 2.32. The zero-order valence-electron chi connectivity index (χ0n) is 10.9. The first-order valence-corrected chi connectivity index (χ1v) is 7.05. The van der Waals surface area contributed by atoms with Gasteiger partial charge in [-0.1, -0.05) is 17.7 Å². The fourth-order valence-corrected chi connectivity index (χ4v) is 3.06. The van der Waals surface area contributed by atoms with E-state index in [1.54, 1.807) is 25.6 Å². The number of benzene rings is 1. The summed E-state index contributed by atoms with van der Waals surface area (Å²) in [6.45, 7) is 0. The van der Waals surface area contributed by atoms with E-state index < -0.39 is 0 Å². The summed E-state index contributed by atoms with van der Waals surface area (Å²) < 4.78 is 11.3. The Kier molecular flexibility index (Phi) is 4.69. The Morgan fingerprint density at radius 2 is 2.00 bits per heavy atom. The van der Waals surface area contributed by atoms with Crippen molar-refractivity contribution in [2.75, 3.05) is 14.2 Å². The van der Waals surface area contributed by atoms with Crippen LogP contribution in [0.5, 0.6) is 11.5 Å². The summed E-state index contributed by atoms with van der Waals surface area (Å²) in [5, 5.41) is 0. The minimum absolute atomic E-state index is 0.129. The van der Waals surface area contributed by atoms with Crippen LogP contribution in [0.2, 0.25) is 4.34 Å². The summed E-state index contributed by atoms with van der Waals surface area (Å²) >= 11 is 7.48. The van der Waals surface area contributed by atoms with Crippen molar-refractivity contribution in [3.63, 3.8) is 0 Å². The largest absolute Gasteiger partial charge is 0.497 e. The molecule has 0 aliphatic rings.